The molecule has 0 saturated carbocycles. The first-order chi connectivity index (χ1) is 8.63. The highest BCUT2D eigenvalue weighted by Gasteiger charge is 2.18. The van der Waals surface area contributed by atoms with E-state index in [9.17, 15) is 9.65 Å². The number of aryl methyl sites for hydroxylation is 1. The van der Waals surface area contributed by atoms with Gasteiger partial charge >= 0.3 is 0 Å². The molecule has 98 valence electrons. The lowest BCUT2D eigenvalue weighted by Crippen LogP contribution is -2.28. The van der Waals surface area contributed by atoms with E-state index in [1.807, 2.05) is 0 Å². The Bertz CT molecular complexity index is 423. The van der Waals surface area contributed by atoms with Gasteiger partial charge in [0.2, 0.25) is 0 Å². The van der Waals surface area contributed by atoms with E-state index in [2.05, 4.69) is 24.8 Å². The van der Waals surface area contributed by atoms with Crippen molar-refractivity contribution in [3.8, 4) is 6.07 Å². The summed E-state index contributed by atoms with van der Waals surface area (Å²) in [7, 11) is 0. The third-order valence-electron chi connectivity index (χ3n) is 3.19. The molecule has 0 aliphatic rings. The van der Waals surface area contributed by atoms with Gasteiger partial charge in [0, 0.05) is 0 Å². The summed E-state index contributed by atoms with van der Waals surface area (Å²) in [5, 5.41) is 9.36. The van der Waals surface area contributed by atoms with Crippen molar-refractivity contribution in [3.05, 3.63) is 35.1 Å². The molecule has 1 unspecified atom stereocenters. The summed E-state index contributed by atoms with van der Waals surface area (Å²) in [6.07, 6.45) is 2.18. The van der Waals surface area contributed by atoms with Crippen molar-refractivity contribution in [2.45, 2.75) is 39.7 Å². The average Bonchev–Trinajstić information content (AvgIpc) is 2.38. The molecule has 0 aliphatic heterocycles. The van der Waals surface area contributed by atoms with Crippen molar-refractivity contribution in [2.24, 2.45) is 0 Å². The van der Waals surface area contributed by atoms with Crippen LogP contribution in [0.2, 0.25) is 0 Å². The van der Waals surface area contributed by atoms with E-state index in [0.717, 1.165) is 31.5 Å². The van der Waals surface area contributed by atoms with Crippen LogP contribution in [-0.4, -0.2) is 18.0 Å². The number of unbranched alkanes of at least 4 members (excludes halogenated alkanes) is 1. The van der Waals surface area contributed by atoms with Gasteiger partial charge in [-0.2, -0.15) is 5.26 Å². The van der Waals surface area contributed by atoms with Crippen LogP contribution < -0.4 is 0 Å². The normalized spacial score (nSPS) is 12.4. The van der Waals surface area contributed by atoms with Crippen LogP contribution in [0.3, 0.4) is 0 Å². The summed E-state index contributed by atoms with van der Waals surface area (Å²) in [5.74, 6) is -0.216. The Morgan fingerprint density at radius 3 is 2.61 bits per heavy atom. The first-order valence-corrected chi connectivity index (χ1v) is 6.53. The molecule has 0 aromatic heterocycles. The van der Waals surface area contributed by atoms with E-state index in [0.29, 0.717) is 5.56 Å². The summed E-state index contributed by atoms with van der Waals surface area (Å²) < 4.78 is 13.3. The molecular weight excluding hydrogens is 227 g/mol. The van der Waals surface area contributed by atoms with Crippen LogP contribution in [-0.2, 0) is 0 Å². The van der Waals surface area contributed by atoms with Gasteiger partial charge in [-0.25, -0.2) is 4.39 Å². The van der Waals surface area contributed by atoms with E-state index in [1.165, 1.54) is 6.07 Å². The number of benzene rings is 1. The lowest BCUT2D eigenvalue weighted by Gasteiger charge is -2.26. The summed E-state index contributed by atoms with van der Waals surface area (Å²) in [4.78, 5) is 2.14. The molecule has 0 radical (unpaired) electrons. The Labute approximate surface area is 109 Å². The molecule has 0 fully saturated rings. The molecule has 3 heteroatoms. The molecule has 1 aromatic carbocycles. The van der Waals surface area contributed by atoms with Gasteiger partial charge in [0.25, 0.3) is 0 Å². The first-order valence-electron chi connectivity index (χ1n) is 6.53. The Hall–Kier alpha value is -1.40. The maximum absolute atomic E-state index is 13.3. The monoisotopic (exact) mass is 248 g/mol. The molecule has 0 aliphatic carbocycles. The largest absolute Gasteiger partial charge is 0.285 e. The molecule has 0 saturated heterocycles. The standard InChI is InChI=1S/C15H21FN2/c1-4-6-9-18(5-2)15(11-17)13-7-8-14(16)12(3)10-13/h7-8,10,15H,4-6,9H2,1-3H3. The average molecular weight is 248 g/mol. The molecule has 1 aromatic rings. The van der Waals surface area contributed by atoms with Crippen LogP contribution in [0, 0.1) is 24.1 Å². The Morgan fingerprint density at radius 2 is 2.11 bits per heavy atom. The number of halogens is 1. The number of nitrogens with zero attached hydrogens (tertiary/aromatic N) is 2. The van der Waals surface area contributed by atoms with E-state index in [-0.39, 0.29) is 11.9 Å². The van der Waals surface area contributed by atoms with Crippen LogP contribution in [0.15, 0.2) is 18.2 Å². The summed E-state index contributed by atoms with van der Waals surface area (Å²) in [6, 6.07) is 6.99. The molecule has 1 atom stereocenters. The number of hydrogen-bond acceptors (Lipinski definition) is 2. The second-order valence-corrected chi connectivity index (χ2v) is 4.52. The third-order valence-corrected chi connectivity index (χ3v) is 3.19. The molecule has 0 heterocycles. The first kappa shape index (κ1) is 14.7. The highest BCUT2D eigenvalue weighted by molar-refractivity contribution is 5.29. The fraction of sp³-hybridized carbons (Fsp3) is 0.533. The zero-order valence-corrected chi connectivity index (χ0v) is 11.4. The third kappa shape index (κ3) is 3.54. The van der Waals surface area contributed by atoms with E-state index in [4.69, 9.17) is 0 Å². The minimum Gasteiger partial charge on any atom is -0.285 e. The lowest BCUT2D eigenvalue weighted by molar-refractivity contribution is 0.244. The Morgan fingerprint density at radius 1 is 1.39 bits per heavy atom. The van der Waals surface area contributed by atoms with Gasteiger partial charge in [-0.05, 0) is 43.6 Å². The molecular formula is C15H21FN2. The Balaban J connectivity index is 2.93. The number of rotatable bonds is 6. The van der Waals surface area contributed by atoms with Crippen molar-refractivity contribution < 1.29 is 4.39 Å². The van der Waals surface area contributed by atoms with Crippen molar-refractivity contribution in [2.75, 3.05) is 13.1 Å². The number of hydrogen-bond donors (Lipinski definition) is 0. The molecule has 2 nitrogen and oxygen atoms in total. The van der Waals surface area contributed by atoms with Crippen molar-refractivity contribution in [1.82, 2.24) is 4.90 Å². The molecule has 0 N–H and O–H groups in total. The van der Waals surface area contributed by atoms with Crippen LogP contribution in [0.4, 0.5) is 4.39 Å². The van der Waals surface area contributed by atoms with Gasteiger partial charge in [-0.1, -0.05) is 32.4 Å². The highest BCUT2D eigenvalue weighted by Crippen LogP contribution is 2.22. The predicted octanol–water partition coefficient (Wildman–Crippen LogP) is 3.82. The molecule has 0 amide bonds. The molecule has 1 rings (SSSR count). The minimum absolute atomic E-state index is 0.216. The smallest absolute Gasteiger partial charge is 0.126 e. The van der Waals surface area contributed by atoms with Gasteiger partial charge < -0.3 is 0 Å². The van der Waals surface area contributed by atoms with Crippen LogP contribution in [0.5, 0.6) is 0 Å². The van der Waals surface area contributed by atoms with E-state index >= 15 is 0 Å². The molecule has 18 heavy (non-hydrogen) atoms. The maximum Gasteiger partial charge on any atom is 0.126 e. The molecule has 0 bridgehead atoms. The number of nitriles is 1. The quantitative estimate of drug-likeness (QED) is 0.765. The Kier molecular flexibility index (Phi) is 5.80. The highest BCUT2D eigenvalue weighted by atomic mass is 19.1. The minimum atomic E-state index is -0.277. The van der Waals surface area contributed by atoms with Crippen LogP contribution in [0.1, 0.15) is 43.9 Å². The summed E-state index contributed by atoms with van der Waals surface area (Å²) in [5.41, 5.74) is 1.48. The second kappa shape index (κ2) is 7.13. The lowest BCUT2D eigenvalue weighted by atomic mass is 10.0. The topological polar surface area (TPSA) is 27.0 Å². The SMILES string of the molecule is CCCCN(CC)C(C#N)c1ccc(F)c(C)c1. The van der Waals surface area contributed by atoms with Crippen molar-refractivity contribution in [3.63, 3.8) is 0 Å². The fourth-order valence-electron chi connectivity index (χ4n) is 2.04. The van der Waals surface area contributed by atoms with Gasteiger partial charge in [0.15, 0.2) is 0 Å². The van der Waals surface area contributed by atoms with Crippen LogP contribution in [0.25, 0.3) is 0 Å². The van der Waals surface area contributed by atoms with E-state index in [1.54, 1.807) is 19.1 Å². The van der Waals surface area contributed by atoms with Gasteiger partial charge in [0.1, 0.15) is 11.9 Å². The van der Waals surface area contributed by atoms with Crippen molar-refractivity contribution in [1.29, 1.82) is 5.26 Å². The predicted molar refractivity (Wildman–Crippen MR) is 71.6 cm³/mol. The fourth-order valence-corrected chi connectivity index (χ4v) is 2.04. The summed E-state index contributed by atoms with van der Waals surface area (Å²) >= 11 is 0. The van der Waals surface area contributed by atoms with Crippen molar-refractivity contribution >= 4 is 0 Å². The van der Waals surface area contributed by atoms with Crippen LogP contribution >= 0.6 is 0 Å². The molecule has 0 spiro atoms. The zero-order chi connectivity index (χ0) is 13.5. The van der Waals surface area contributed by atoms with Gasteiger partial charge in [-0.15, -0.1) is 0 Å². The summed E-state index contributed by atoms with van der Waals surface area (Å²) in [6.45, 7) is 7.65. The second-order valence-electron chi connectivity index (χ2n) is 4.52. The van der Waals surface area contributed by atoms with Gasteiger partial charge in [-0.3, -0.25) is 4.90 Å². The van der Waals surface area contributed by atoms with Gasteiger partial charge in [0.05, 0.1) is 6.07 Å². The van der Waals surface area contributed by atoms with E-state index < -0.39 is 0 Å². The maximum atomic E-state index is 13.3. The zero-order valence-electron chi connectivity index (χ0n) is 11.4.